The minimum absolute atomic E-state index is 0.0377. The number of nitrogens with zero attached hydrogens (tertiary/aromatic N) is 2. The lowest BCUT2D eigenvalue weighted by atomic mass is 9.60. The highest BCUT2D eigenvalue weighted by molar-refractivity contribution is 7.91. The third-order valence-electron chi connectivity index (χ3n) is 12.2. The fraction of sp³-hybridized carbons (Fsp3) is 0.714. The molecule has 0 saturated heterocycles. The van der Waals surface area contributed by atoms with Crippen LogP contribution in [0.4, 0.5) is 26.3 Å². The zero-order chi connectivity index (χ0) is 44.3. The Kier molecular flexibility index (Phi) is 14.8. The largest absolute Gasteiger partial charge is 0.433 e. The first-order valence-electron chi connectivity index (χ1n) is 20.9. The summed E-state index contributed by atoms with van der Waals surface area (Å²) in [6, 6.07) is 3.96. The fourth-order valence-electron chi connectivity index (χ4n) is 9.35. The monoisotopic (exact) mass is 892 g/mol. The van der Waals surface area contributed by atoms with Gasteiger partial charge < -0.3 is 10.6 Å². The molecule has 0 unspecified atom stereocenters. The van der Waals surface area contributed by atoms with Crippen LogP contribution in [0.25, 0.3) is 0 Å². The van der Waals surface area contributed by atoms with Gasteiger partial charge in [-0.25, -0.2) is 26.8 Å². The number of sulfone groups is 2. The van der Waals surface area contributed by atoms with E-state index in [1.54, 1.807) is 0 Å². The van der Waals surface area contributed by atoms with Crippen molar-refractivity contribution in [2.75, 3.05) is 36.1 Å². The van der Waals surface area contributed by atoms with E-state index in [1.807, 2.05) is 13.8 Å². The van der Waals surface area contributed by atoms with E-state index in [9.17, 15) is 52.8 Å². The molecule has 4 fully saturated rings. The predicted octanol–water partition coefficient (Wildman–Crippen LogP) is 8.32. The van der Waals surface area contributed by atoms with E-state index in [1.165, 1.54) is 13.8 Å². The van der Waals surface area contributed by atoms with Crippen LogP contribution in [-0.4, -0.2) is 74.7 Å². The number of nitrogens with one attached hydrogen (secondary N) is 2. The molecule has 0 atom stereocenters. The second-order valence-electron chi connectivity index (χ2n) is 18.1. The highest BCUT2D eigenvalue weighted by Gasteiger charge is 2.49. The van der Waals surface area contributed by atoms with Gasteiger partial charge in [0.15, 0.2) is 19.7 Å². The number of hydrogen-bond donors (Lipinski definition) is 2. The average molecular weight is 893 g/mol. The van der Waals surface area contributed by atoms with Crippen LogP contribution in [0.15, 0.2) is 24.3 Å². The lowest BCUT2D eigenvalue weighted by Crippen LogP contribution is -2.48. The van der Waals surface area contributed by atoms with Gasteiger partial charge in [0.25, 0.3) is 11.8 Å². The maximum absolute atomic E-state index is 12.8. The first kappa shape index (κ1) is 47.8. The lowest BCUT2D eigenvalue weighted by molar-refractivity contribution is -0.142. The van der Waals surface area contributed by atoms with Crippen molar-refractivity contribution in [3.8, 4) is 0 Å². The molecular weight excluding hydrogens is 835 g/mol. The molecule has 336 valence electrons. The molecule has 0 spiro atoms. The molecule has 4 saturated carbocycles. The third-order valence-corrected chi connectivity index (χ3v) is 16.2. The van der Waals surface area contributed by atoms with Crippen molar-refractivity contribution in [1.82, 2.24) is 20.6 Å². The van der Waals surface area contributed by atoms with Crippen LogP contribution in [-0.2, 0) is 32.0 Å². The average Bonchev–Trinajstić information content (AvgIpc) is 4.05. The zero-order valence-electron chi connectivity index (χ0n) is 34.8. The highest BCUT2D eigenvalue weighted by Crippen LogP contribution is 2.55. The van der Waals surface area contributed by atoms with Crippen molar-refractivity contribution in [3.63, 3.8) is 0 Å². The molecule has 6 rings (SSSR count). The van der Waals surface area contributed by atoms with Crippen LogP contribution >= 0.6 is 0 Å². The summed E-state index contributed by atoms with van der Waals surface area (Å²) in [5, 5.41) is 5.75. The Bertz CT molecular complexity index is 1930. The molecule has 0 bridgehead atoms. The predicted molar refractivity (Wildman–Crippen MR) is 216 cm³/mol. The van der Waals surface area contributed by atoms with Gasteiger partial charge in [-0.2, -0.15) is 26.3 Å². The van der Waals surface area contributed by atoms with Crippen LogP contribution < -0.4 is 10.6 Å². The maximum Gasteiger partial charge on any atom is 0.433 e. The van der Waals surface area contributed by atoms with E-state index < -0.39 is 55.2 Å². The Balaban J connectivity index is 0.000000228. The van der Waals surface area contributed by atoms with Gasteiger partial charge in [0, 0.05) is 24.6 Å². The summed E-state index contributed by atoms with van der Waals surface area (Å²) in [5.74, 6) is 1.42. The first-order valence-corrected chi connectivity index (χ1v) is 24.6. The maximum atomic E-state index is 12.8. The van der Waals surface area contributed by atoms with Crippen LogP contribution in [0.1, 0.15) is 134 Å². The van der Waals surface area contributed by atoms with E-state index in [2.05, 4.69) is 20.6 Å². The Morgan fingerprint density at radius 1 is 0.617 bits per heavy atom. The van der Waals surface area contributed by atoms with Crippen molar-refractivity contribution in [3.05, 3.63) is 58.2 Å². The van der Waals surface area contributed by atoms with Crippen molar-refractivity contribution < 1.29 is 52.8 Å². The summed E-state index contributed by atoms with van der Waals surface area (Å²) in [4.78, 5) is 32.2. The summed E-state index contributed by atoms with van der Waals surface area (Å²) < 4.78 is 125. The van der Waals surface area contributed by atoms with Crippen LogP contribution in [0, 0.1) is 48.3 Å². The minimum Gasteiger partial charge on any atom is -0.351 e. The second-order valence-corrected chi connectivity index (χ2v) is 22.5. The quantitative estimate of drug-likeness (QED) is 0.142. The normalized spacial score (nSPS) is 24.4. The van der Waals surface area contributed by atoms with Gasteiger partial charge in [-0.1, -0.05) is 39.5 Å². The number of halogens is 6. The van der Waals surface area contributed by atoms with Gasteiger partial charge in [-0.3, -0.25) is 9.59 Å². The highest BCUT2D eigenvalue weighted by atomic mass is 32.2. The number of carbonyl (C=O) groups is 2. The molecule has 10 nitrogen and oxygen atoms in total. The number of amides is 2. The van der Waals surface area contributed by atoms with E-state index in [4.69, 9.17) is 0 Å². The van der Waals surface area contributed by atoms with Crippen LogP contribution in [0.2, 0.25) is 0 Å². The van der Waals surface area contributed by atoms with Crippen molar-refractivity contribution in [2.24, 2.45) is 34.5 Å². The smallest absolute Gasteiger partial charge is 0.351 e. The third kappa shape index (κ3) is 13.4. The number of hydrogen-bond acceptors (Lipinski definition) is 8. The topological polar surface area (TPSA) is 152 Å². The summed E-state index contributed by atoms with van der Waals surface area (Å²) in [7, 11) is -6.08. The van der Waals surface area contributed by atoms with Gasteiger partial charge in [-0.05, 0) is 124 Å². The number of alkyl halides is 6. The molecule has 0 aliphatic heterocycles. The number of pyridine rings is 2. The van der Waals surface area contributed by atoms with E-state index in [-0.39, 0.29) is 68.2 Å². The van der Waals surface area contributed by atoms with Crippen molar-refractivity contribution in [1.29, 1.82) is 0 Å². The van der Waals surface area contributed by atoms with E-state index in [0.717, 1.165) is 88.5 Å². The first-order chi connectivity index (χ1) is 27.9. The number of rotatable bonds is 18. The molecule has 4 aliphatic rings. The van der Waals surface area contributed by atoms with Gasteiger partial charge in [0.2, 0.25) is 0 Å². The number of aromatic nitrogens is 2. The lowest BCUT2D eigenvalue weighted by Gasteiger charge is -2.48. The van der Waals surface area contributed by atoms with E-state index >= 15 is 0 Å². The van der Waals surface area contributed by atoms with Crippen molar-refractivity contribution in [2.45, 2.75) is 117 Å². The zero-order valence-corrected chi connectivity index (χ0v) is 36.4. The molecule has 2 aromatic rings. The molecular formula is C42H58F6N4O6S2. The summed E-state index contributed by atoms with van der Waals surface area (Å²) in [5.41, 5.74) is -1.93. The number of carbonyl (C=O) groups excluding carboxylic acids is 2. The Morgan fingerprint density at radius 2 is 0.950 bits per heavy atom. The molecule has 18 heteroatoms. The Morgan fingerprint density at radius 3 is 1.22 bits per heavy atom. The Labute approximate surface area is 349 Å². The summed E-state index contributed by atoms with van der Waals surface area (Å²) in [6.45, 7) is 7.30. The van der Waals surface area contributed by atoms with Crippen LogP contribution in [0.3, 0.4) is 0 Å². The number of aryl methyl sites for hydroxylation is 2. The molecule has 60 heavy (non-hydrogen) atoms. The molecule has 2 N–H and O–H groups in total. The molecule has 2 aromatic heterocycles. The molecule has 0 radical (unpaired) electrons. The molecule has 2 amide bonds. The Hall–Kier alpha value is -3.28. The van der Waals surface area contributed by atoms with Gasteiger partial charge in [0.1, 0.15) is 11.4 Å². The van der Waals surface area contributed by atoms with Gasteiger partial charge in [-0.15, -0.1) is 0 Å². The van der Waals surface area contributed by atoms with E-state index in [0.29, 0.717) is 37.8 Å². The standard InChI is InChI=1S/2C21H29F3N2O3S/c2*1-3-8-30(28,29)12-16-10-20(11-16,9-15-4-5-15)13-25-19(27)17-6-7-18(21(22,23)24)26-14(17)2/h2*6-7,15-16H,3-5,8-13H2,1-2H3,(H,25,27). The second kappa shape index (κ2) is 18.6. The van der Waals surface area contributed by atoms with Crippen LogP contribution in [0.5, 0.6) is 0 Å². The van der Waals surface area contributed by atoms with Crippen molar-refractivity contribution >= 4 is 31.5 Å². The minimum atomic E-state index is -4.55. The van der Waals surface area contributed by atoms with Gasteiger partial charge >= 0.3 is 12.4 Å². The molecule has 0 aromatic carbocycles. The van der Waals surface area contributed by atoms with Gasteiger partial charge in [0.05, 0.1) is 34.0 Å². The SMILES string of the molecule is CCCS(=O)(=O)CC1CC(CNC(=O)c2ccc(C(F)(F)F)nc2C)(CC2CC2)C1.CCCS(=O)(=O)CC1CC(CNC(=O)c2ccc(C(F)(F)F)nc2C)(CC2CC2)C1. The summed E-state index contributed by atoms with van der Waals surface area (Å²) >= 11 is 0. The fourth-order valence-corrected chi connectivity index (χ4v) is 12.8. The summed E-state index contributed by atoms with van der Waals surface area (Å²) in [6.07, 6.45) is 1.74. The molecule has 2 heterocycles. The molecule has 4 aliphatic carbocycles.